The predicted octanol–water partition coefficient (Wildman–Crippen LogP) is 1.34. The van der Waals surface area contributed by atoms with Crippen LogP contribution in [0.2, 0.25) is 5.02 Å². The van der Waals surface area contributed by atoms with E-state index in [1.54, 1.807) is 6.20 Å². The molecule has 0 radical (unpaired) electrons. The summed E-state index contributed by atoms with van der Waals surface area (Å²) in [5.41, 5.74) is 6.63. The van der Waals surface area contributed by atoms with E-state index in [2.05, 4.69) is 21.8 Å². The molecule has 1 aliphatic rings. The molecular weight excluding hydrogens is 236 g/mol. The van der Waals surface area contributed by atoms with Crippen LogP contribution in [0.1, 0.15) is 12.0 Å². The van der Waals surface area contributed by atoms with Crippen LogP contribution < -0.4 is 10.6 Å². The number of aromatic nitrogens is 1. The van der Waals surface area contributed by atoms with Crippen LogP contribution in [0.25, 0.3) is 0 Å². The molecule has 1 aromatic heterocycles. The van der Waals surface area contributed by atoms with Crippen molar-refractivity contribution in [2.24, 2.45) is 5.73 Å². The normalized spacial score (nSPS) is 18.2. The van der Waals surface area contributed by atoms with E-state index in [1.807, 2.05) is 6.07 Å². The number of rotatable bonds is 2. The lowest BCUT2D eigenvalue weighted by Gasteiger charge is -2.22. The summed E-state index contributed by atoms with van der Waals surface area (Å²) in [6, 6.07) is 2.01. The minimum absolute atomic E-state index is 0.460. The summed E-state index contributed by atoms with van der Waals surface area (Å²) in [6.45, 7) is 4.73. The molecule has 0 saturated carbocycles. The van der Waals surface area contributed by atoms with Gasteiger partial charge < -0.3 is 15.5 Å². The lowest BCUT2D eigenvalue weighted by molar-refractivity contribution is 0.360. The number of anilines is 1. The molecule has 2 N–H and O–H groups in total. The predicted molar refractivity (Wildman–Crippen MR) is 71.5 cm³/mol. The minimum Gasteiger partial charge on any atom is -0.355 e. The van der Waals surface area contributed by atoms with Crippen molar-refractivity contribution in [1.29, 1.82) is 0 Å². The standard InChI is InChI=1S/C12H19ClN4/c1-16-3-2-4-17(6-5-16)12-7-10(8-14)11(13)9-15-12/h7,9H,2-6,8,14H2,1H3. The van der Waals surface area contributed by atoms with Crippen molar-refractivity contribution >= 4 is 17.4 Å². The second-order valence-electron chi connectivity index (χ2n) is 4.48. The molecule has 2 heterocycles. The second kappa shape index (κ2) is 5.67. The monoisotopic (exact) mass is 254 g/mol. The largest absolute Gasteiger partial charge is 0.355 e. The maximum Gasteiger partial charge on any atom is 0.128 e. The summed E-state index contributed by atoms with van der Waals surface area (Å²) in [5, 5.41) is 0.656. The molecule has 1 aromatic rings. The van der Waals surface area contributed by atoms with Crippen molar-refractivity contribution in [2.45, 2.75) is 13.0 Å². The van der Waals surface area contributed by atoms with Gasteiger partial charge in [0.2, 0.25) is 0 Å². The Morgan fingerprint density at radius 2 is 2.18 bits per heavy atom. The number of nitrogens with two attached hydrogens (primary N) is 1. The Bertz CT molecular complexity index is 383. The van der Waals surface area contributed by atoms with Crippen molar-refractivity contribution in [3.8, 4) is 0 Å². The fourth-order valence-electron chi connectivity index (χ4n) is 2.07. The van der Waals surface area contributed by atoms with Crippen LogP contribution in [0.3, 0.4) is 0 Å². The fraction of sp³-hybridized carbons (Fsp3) is 0.583. The van der Waals surface area contributed by atoms with E-state index < -0.39 is 0 Å². The summed E-state index contributed by atoms with van der Waals surface area (Å²) in [6.07, 6.45) is 2.87. The highest BCUT2D eigenvalue weighted by molar-refractivity contribution is 6.31. The zero-order valence-corrected chi connectivity index (χ0v) is 11.0. The van der Waals surface area contributed by atoms with E-state index in [9.17, 15) is 0 Å². The SMILES string of the molecule is CN1CCCN(c2cc(CN)c(Cl)cn2)CC1. The van der Waals surface area contributed by atoms with Crippen molar-refractivity contribution in [1.82, 2.24) is 9.88 Å². The smallest absolute Gasteiger partial charge is 0.128 e. The first-order chi connectivity index (χ1) is 8.20. The van der Waals surface area contributed by atoms with Gasteiger partial charge in [0, 0.05) is 32.4 Å². The molecule has 0 atom stereocenters. The quantitative estimate of drug-likeness (QED) is 0.865. The first-order valence-electron chi connectivity index (χ1n) is 5.98. The number of likely N-dealkylation sites (N-methyl/N-ethyl adjacent to an activating group) is 1. The van der Waals surface area contributed by atoms with Crippen molar-refractivity contribution in [3.63, 3.8) is 0 Å². The molecule has 1 aliphatic heterocycles. The van der Waals surface area contributed by atoms with Gasteiger partial charge in [-0.1, -0.05) is 11.6 Å². The third kappa shape index (κ3) is 3.09. The Balaban J connectivity index is 2.15. The van der Waals surface area contributed by atoms with Gasteiger partial charge in [-0.2, -0.15) is 0 Å². The number of hydrogen-bond acceptors (Lipinski definition) is 4. The van der Waals surface area contributed by atoms with Gasteiger partial charge in [0.15, 0.2) is 0 Å². The van der Waals surface area contributed by atoms with Crippen LogP contribution in [0.4, 0.5) is 5.82 Å². The Morgan fingerprint density at radius 3 is 2.94 bits per heavy atom. The van der Waals surface area contributed by atoms with Gasteiger partial charge in [-0.15, -0.1) is 0 Å². The third-order valence-electron chi connectivity index (χ3n) is 3.18. The van der Waals surface area contributed by atoms with Gasteiger partial charge in [0.25, 0.3) is 0 Å². The number of hydrogen-bond donors (Lipinski definition) is 1. The summed E-state index contributed by atoms with van der Waals surface area (Å²) >= 11 is 6.02. The maximum atomic E-state index is 6.02. The Kier molecular flexibility index (Phi) is 4.20. The Morgan fingerprint density at radius 1 is 1.35 bits per heavy atom. The van der Waals surface area contributed by atoms with Crippen molar-refractivity contribution in [3.05, 3.63) is 22.8 Å². The Hall–Kier alpha value is -0.840. The van der Waals surface area contributed by atoms with Crippen LogP contribution in [-0.4, -0.2) is 43.1 Å². The zero-order chi connectivity index (χ0) is 12.3. The lowest BCUT2D eigenvalue weighted by atomic mass is 10.2. The topological polar surface area (TPSA) is 45.4 Å². The summed E-state index contributed by atoms with van der Waals surface area (Å²) in [5.74, 6) is 0.991. The number of nitrogens with zero attached hydrogens (tertiary/aromatic N) is 3. The molecule has 4 nitrogen and oxygen atoms in total. The summed E-state index contributed by atoms with van der Waals surface area (Å²) in [7, 11) is 2.16. The second-order valence-corrected chi connectivity index (χ2v) is 4.89. The molecule has 0 bridgehead atoms. The van der Waals surface area contributed by atoms with E-state index in [0.29, 0.717) is 11.6 Å². The average molecular weight is 255 g/mol. The van der Waals surface area contributed by atoms with Gasteiger partial charge in [-0.05, 0) is 31.6 Å². The highest BCUT2D eigenvalue weighted by Crippen LogP contribution is 2.20. The highest BCUT2D eigenvalue weighted by Gasteiger charge is 2.14. The summed E-state index contributed by atoms with van der Waals surface area (Å²) in [4.78, 5) is 9.05. The molecule has 17 heavy (non-hydrogen) atoms. The molecule has 0 aliphatic carbocycles. The van der Waals surface area contributed by atoms with Crippen LogP contribution in [0.15, 0.2) is 12.3 Å². The molecular formula is C12H19ClN4. The van der Waals surface area contributed by atoms with Crippen molar-refractivity contribution < 1.29 is 0 Å². The van der Waals surface area contributed by atoms with E-state index in [1.165, 1.54) is 6.42 Å². The number of halogens is 1. The summed E-state index contributed by atoms with van der Waals surface area (Å²) < 4.78 is 0. The Labute approximate surface area is 107 Å². The lowest BCUT2D eigenvalue weighted by Crippen LogP contribution is -2.29. The first kappa shape index (κ1) is 12.6. The third-order valence-corrected chi connectivity index (χ3v) is 3.52. The molecule has 2 rings (SSSR count). The van der Waals surface area contributed by atoms with Crippen LogP contribution in [0.5, 0.6) is 0 Å². The molecule has 5 heteroatoms. The van der Waals surface area contributed by atoms with Crippen LogP contribution in [-0.2, 0) is 6.54 Å². The van der Waals surface area contributed by atoms with Crippen molar-refractivity contribution in [2.75, 3.05) is 38.1 Å². The van der Waals surface area contributed by atoms with Gasteiger partial charge in [-0.3, -0.25) is 0 Å². The molecule has 94 valence electrons. The molecule has 0 amide bonds. The molecule has 1 saturated heterocycles. The molecule has 0 aromatic carbocycles. The number of pyridine rings is 1. The van der Waals surface area contributed by atoms with Gasteiger partial charge in [0.1, 0.15) is 5.82 Å². The van der Waals surface area contributed by atoms with E-state index >= 15 is 0 Å². The molecule has 1 fully saturated rings. The van der Waals surface area contributed by atoms with E-state index in [0.717, 1.165) is 37.6 Å². The van der Waals surface area contributed by atoms with Gasteiger partial charge in [-0.25, -0.2) is 4.98 Å². The van der Waals surface area contributed by atoms with E-state index in [-0.39, 0.29) is 0 Å². The first-order valence-corrected chi connectivity index (χ1v) is 6.36. The maximum absolute atomic E-state index is 6.02. The molecule has 0 spiro atoms. The van der Waals surface area contributed by atoms with Gasteiger partial charge >= 0.3 is 0 Å². The van der Waals surface area contributed by atoms with Crippen LogP contribution in [0, 0.1) is 0 Å². The average Bonchev–Trinajstić information content (AvgIpc) is 2.55. The highest BCUT2D eigenvalue weighted by atomic mass is 35.5. The van der Waals surface area contributed by atoms with Gasteiger partial charge in [0.05, 0.1) is 5.02 Å². The fourth-order valence-corrected chi connectivity index (χ4v) is 2.25. The van der Waals surface area contributed by atoms with Crippen LogP contribution >= 0.6 is 11.6 Å². The molecule has 0 unspecified atom stereocenters. The zero-order valence-electron chi connectivity index (χ0n) is 10.2. The minimum atomic E-state index is 0.460. The van der Waals surface area contributed by atoms with E-state index in [4.69, 9.17) is 17.3 Å².